The lowest BCUT2D eigenvalue weighted by molar-refractivity contribution is -0.153. The van der Waals surface area contributed by atoms with E-state index in [-0.39, 0.29) is 17.2 Å². The lowest BCUT2D eigenvalue weighted by atomic mass is 10.1. The van der Waals surface area contributed by atoms with Crippen molar-refractivity contribution >= 4 is 17.6 Å². The van der Waals surface area contributed by atoms with Gasteiger partial charge in [-0.15, -0.1) is 0 Å². The van der Waals surface area contributed by atoms with Crippen LogP contribution in [0.4, 0.5) is 4.39 Å². The summed E-state index contributed by atoms with van der Waals surface area (Å²) in [5.74, 6) is -1.53. The summed E-state index contributed by atoms with van der Waals surface area (Å²) in [7, 11) is 0. The second-order valence-electron chi connectivity index (χ2n) is 2.80. The highest BCUT2D eigenvalue weighted by Crippen LogP contribution is 2.26. The molecule has 5 heteroatoms. The van der Waals surface area contributed by atoms with Crippen LogP contribution in [0.5, 0.6) is 0 Å². The summed E-state index contributed by atoms with van der Waals surface area (Å²) >= 11 is 5.59. The topological polar surface area (TPSA) is 46.5 Å². The van der Waals surface area contributed by atoms with Crippen LogP contribution in [0.1, 0.15) is 18.6 Å². The van der Waals surface area contributed by atoms with Crippen LogP contribution in [0.2, 0.25) is 5.02 Å². The third-order valence-electron chi connectivity index (χ3n) is 1.79. The molecule has 0 saturated heterocycles. The minimum absolute atomic E-state index is 0.00937. The number of esters is 1. The van der Waals surface area contributed by atoms with Crippen LogP contribution in [0.3, 0.4) is 0 Å². The Morgan fingerprint density at radius 2 is 2.33 bits per heavy atom. The zero-order valence-corrected chi connectivity index (χ0v) is 8.79. The Hall–Kier alpha value is -1.13. The molecule has 1 aromatic carbocycles. The van der Waals surface area contributed by atoms with Crippen LogP contribution in [-0.4, -0.2) is 17.7 Å². The number of ether oxygens (including phenoxy) is 1. The summed E-state index contributed by atoms with van der Waals surface area (Å²) in [5, 5.41) is 9.23. The predicted molar refractivity (Wildman–Crippen MR) is 53.0 cm³/mol. The van der Waals surface area contributed by atoms with Crippen molar-refractivity contribution in [3.63, 3.8) is 0 Å². The summed E-state index contributed by atoms with van der Waals surface area (Å²) in [6.45, 7) is 1.75. The summed E-state index contributed by atoms with van der Waals surface area (Å²) < 4.78 is 17.6. The molecule has 1 unspecified atom stereocenters. The van der Waals surface area contributed by atoms with E-state index in [1.807, 2.05) is 0 Å². The van der Waals surface area contributed by atoms with E-state index in [0.29, 0.717) is 0 Å². The Balaban J connectivity index is 2.96. The van der Waals surface area contributed by atoms with E-state index in [2.05, 4.69) is 4.74 Å². The summed E-state index contributed by atoms with van der Waals surface area (Å²) in [4.78, 5) is 11.2. The van der Waals surface area contributed by atoms with Gasteiger partial charge in [-0.05, 0) is 13.0 Å². The van der Waals surface area contributed by atoms with Crippen LogP contribution in [0.25, 0.3) is 0 Å². The van der Waals surface area contributed by atoms with E-state index < -0.39 is 17.9 Å². The molecule has 0 aliphatic rings. The quantitative estimate of drug-likeness (QED) is 0.812. The third kappa shape index (κ3) is 2.67. The number of benzene rings is 1. The number of rotatable bonds is 3. The highest BCUT2D eigenvalue weighted by molar-refractivity contribution is 6.31. The van der Waals surface area contributed by atoms with Crippen LogP contribution >= 0.6 is 11.6 Å². The molecule has 3 nitrogen and oxygen atoms in total. The predicted octanol–water partition coefficient (Wildman–Crippen LogP) is 2.08. The lowest BCUT2D eigenvalue weighted by Crippen LogP contribution is -2.16. The number of aliphatic hydroxyl groups excluding tert-OH is 1. The number of halogens is 2. The third-order valence-corrected chi connectivity index (χ3v) is 2.18. The first-order valence-corrected chi connectivity index (χ1v) is 4.74. The molecule has 0 aliphatic heterocycles. The van der Waals surface area contributed by atoms with Gasteiger partial charge in [-0.3, -0.25) is 0 Å². The maximum absolute atomic E-state index is 13.0. The van der Waals surface area contributed by atoms with E-state index >= 15 is 0 Å². The van der Waals surface area contributed by atoms with E-state index in [1.165, 1.54) is 12.1 Å². The van der Waals surface area contributed by atoms with Crippen molar-refractivity contribution in [2.75, 3.05) is 6.61 Å². The van der Waals surface area contributed by atoms with Crippen molar-refractivity contribution in [1.82, 2.24) is 0 Å². The van der Waals surface area contributed by atoms with Crippen LogP contribution < -0.4 is 0 Å². The Labute approximate surface area is 91.4 Å². The number of carbonyl (C=O) groups is 1. The molecule has 0 amide bonds. The molecule has 0 radical (unpaired) electrons. The highest BCUT2D eigenvalue weighted by Gasteiger charge is 2.22. The minimum Gasteiger partial charge on any atom is -0.464 e. The van der Waals surface area contributed by atoms with Gasteiger partial charge in [-0.25, -0.2) is 9.18 Å². The van der Waals surface area contributed by atoms with Gasteiger partial charge >= 0.3 is 5.97 Å². The van der Waals surface area contributed by atoms with Gasteiger partial charge in [0, 0.05) is 5.56 Å². The zero-order chi connectivity index (χ0) is 11.4. The Morgan fingerprint density at radius 1 is 1.67 bits per heavy atom. The van der Waals surface area contributed by atoms with Gasteiger partial charge in [0.25, 0.3) is 0 Å². The highest BCUT2D eigenvalue weighted by atomic mass is 35.5. The minimum atomic E-state index is -1.55. The molecular weight excluding hydrogens is 223 g/mol. The lowest BCUT2D eigenvalue weighted by Gasteiger charge is -2.11. The first kappa shape index (κ1) is 11.9. The molecule has 1 aromatic rings. The normalized spacial score (nSPS) is 12.3. The molecule has 0 bridgehead atoms. The molecule has 1 atom stereocenters. The van der Waals surface area contributed by atoms with Gasteiger partial charge in [0.2, 0.25) is 0 Å². The standard InChI is InChI=1S/C10H10ClFO3/c1-2-15-10(14)9(13)6-4-3-5-7(12)8(6)11/h3-5,9,13H,2H2,1H3. The summed E-state index contributed by atoms with van der Waals surface area (Å²) in [5.41, 5.74) is 0.00937. The number of hydrogen-bond donors (Lipinski definition) is 1. The average Bonchev–Trinajstić information content (AvgIpc) is 2.21. The molecule has 15 heavy (non-hydrogen) atoms. The number of carbonyl (C=O) groups excluding carboxylic acids is 1. The van der Waals surface area contributed by atoms with Gasteiger partial charge in [-0.1, -0.05) is 23.7 Å². The average molecular weight is 233 g/mol. The largest absolute Gasteiger partial charge is 0.464 e. The summed E-state index contributed by atoms with van der Waals surface area (Å²) in [6, 6.07) is 3.87. The molecule has 0 fully saturated rings. The van der Waals surface area contributed by atoms with E-state index in [4.69, 9.17) is 11.6 Å². The maximum Gasteiger partial charge on any atom is 0.339 e. The molecule has 0 saturated carbocycles. The van der Waals surface area contributed by atoms with Crippen molar-refractivity contribution in [2.24, 2.45) is 0 Å². The zero-order valence-electron chi connectivity index (χ0n) is 8.04. The fourth-order valence-electron chi connectivity index (χ4n) is 1.08. The fraction of sp³-hybridized carbons (Fsp3) is 0.300. The first-order valence-electron chi connectivity index (χ1n) is 4.36. The Bertz CT molecular complexity index is 368. The molecule has 0 aliphatic carbocycles. The molecule has 0 heterocycles. The Kier molecular flexibility index (Phi) is 4.05. The van der Waals surface area contributed by atoms with Gasteiger partial charge in [0.1, 0.15) is 5.82 Å². The van der Waals surface area contributed by atoms with Crippen molar-refractivity contribution in [1.29, 1.82) is 0 Å². The first-order chi connectivity index (χ1) is 7.07. The smallest absolute Gasteiger partial charge is 0.339 e. The molecule has 1 rings (SSSR count). The van der Waals surface area contributed by atoms with Crippen molar-refractivity contribution in [2.45, 2.75) is 13.0 Å². The molecule has 0 aromatic heterocycles. The fourth-order valence-corrected chi connectivity index (χ4v) is 1.31. The van der Waals surface area contributed by atoms with Gasteiger partial charge in [0.15, 0.2) is 6.10 Å². The second-order valence-corrected chi connectivity index (χ2v) is 3.18. The van der Waals surface area contributed by atoms with Crippen LogP contribution in [-0.2, 0) is 9.53 Å². The van der Waals surface area contributed by atoms with Crippen molar-refractivity contribution in [3.8, 4) is 0 Å². The second kappa shape index (κ2) is 5.09. The number of aliphatic hydroxyl groups is 1. The van der Waals surface area contributed by atoms with Crippen LogP contribution in [0, 0.1) is 5.82 Å². The van der Waals surface area contributed by atoms with Crippen LogP contribution in [0.15, 0.2) is 18.2 Å². The van der Waals surface area contributed by atoms with E-state index in [0.717, 1.165) is 6.07 Å². The number of hydrogen-bond acceptors (Lipinski definition) is 3. The maximum atomic E-state index is 13.0. The Morgan fingerprint density at radius 3 is 2.93 bits per heavy atom. The SMILES string of the molecule is CCOC(=O)C(O)c1cccc(F)c1Cl. The van der Waals surface area contributed by atoms with E-state index in [9.17, 15) is 14.3 Å². The van der Waals surface area contributed by atoms with E-state index in [1.54, 1.807) is 6.92 Å². The van der Waals surface area contributed by atoms with Gasteiger partial charge in [0.05, 0.1) is 11.6 Å². The van der Waals surface area contributed by atoms with Crippen molar-refractivity contribution in [3.05, 3.63) is 34.6 Å². The van der Waals surface area contributed by atoms with Gasteiger partial charge in [-0.2, -0.15) is 0 Å². The molecular formula is C10H10ClFO3. The molecule has 0 spiro atoms. The van der Waals surface area contributed by atoms with Gasteiger partial charge < -0.3 is 9.84 Å². The summed E-state index contributed by atoms with van der Waals surface area (Å²) in [6.07, 6.45) is -1.55. The molecule has 82 valence electrons. The monoisotopic (exact) mass is 232 g/mol. The molecule has 1 N–H and O–H groups in total. The van der Waals surface area contributed by atoms with Crippen molar-refractivity contribution < 1.29 is 19.0 Å².